The Labute approximate surface area is 102 Å². The Hall–Kier alpha value is -0.0800. The van der Waals surface area contributed by atoms with Crippen molar-refractivity contribution in [1.29, 1.82) is 0 Å². The van der Waals surface area contributed by atoms with E-state index in [9.17, 15) is 0 Å². The minimum Gasteiger partial charge on any atom is -0.330 e. The SMILES string of the molecule is CCC(C)CCC(C)C(CCN)C(C)CN. The largest absolute Gasteiger partial charge is 0.330 e. The molecule has 0 rings (SSSR count). The van der Waals surface area contributed by atoms with Crippen molar-refractivity contribution in [2.75, 3.05) is 13.1 Å². The fourth-order valence-electron chi connectivity index (χ4n) is 2.46. The van der Waals surface area contributed by atoms with E-state index < -0.39 is 0 Å². The van der Waals surface area contributed by atoms with E-state index in [-0.39, 0.29) is 0 Å². The summed E-state index contributed by atoms with van der Waals surface area (Å²) < 4.78 is 0. The van der Waals surface area contributed by atoms with E-state index in [1.165, 1.54) is 19.3 Å². The monoisotopic (exact) mass is 228 g/mol. The van der Waals surface area contributed by atoms with Gasteiger partial charge in [0.2, 0.25) is 0 Å². The maximum absolute atomic E-state index is 5.78. The Morgan fingerprint density at radius 3 is 1.94 bits per heavy atom. The fraction of sp³-hybridized carbons (Fsp3) is 1.00. The van der Waals surface area contributed by atoms with Crippen LogP contribution in [-0.2, 0) is 0 Å². The first-order valence-electron chi connectivity index (χ1n) is 6.96. The molecule has 0 aliphatic rings. The third-order valence-electron chi connectivity index (χ3n) is 4.15. The van der Waals surface area contributed by atoms with Crippen LogP contribution >= 0.6 is 0 Å². The molecule has 0 heterocycles. The highest BCUT2D eigenvalue weighted by molar-refractivity contribution is 4.74. The average molecular weight is 228 g/mol. The van der Waals surface area contributed by atoms with Gasteiger partial charge in [0, 0.05) is 0 Å². The Bertz CT molecular complexity index is 159. The van der Waals surface area contributed by atoms with Gasteiger partial charge in [-0.3, -0.25) is 0 Å². The first kappa shape index (κ1) is 15.9. The first-order valence-corrected chi connectivity index (χ1v) is 6.96. The standard InChI is InChI=1S/C14H32N2/c1-5-11(2)6-7-12(3)14(8-9-15)13(4)10-16/h11-14H,5-10,15-16H2,1-4H3. The van der Waals surface area contributed by atoms with Crippen LogP contribution in [0.15, 0.2) is 0 Å². The number of rotatable bonds is 9. The van der Waals surface area contributed by atoms with E-state index >= 15 is 0 Å². The van der Waals surface area contributed by atoms with E-state index in [1.54, 1.807) is 0 Å². The minimum atomic E-state index is 0.607. The van der Waals surface area contributed by atoms with Crippen LogP contribution in [0.4, 0.5) is 0 Å². The summed E-state index contributed by atoms with van der Waals surface area (Å²) in [6, 6.07) is 0. The van der Waals surface area contributed by atoms with E-state index in [2.05, 4.69) is 27.7 Å². The van der Waals surface area contributed by atoms with Crippen LogP contribution in [0, 0.1) is 23.7 Å². The van der Waals surface area contributed by atoms with Gasteiger partial charge in [0.05, 0.1) is 0 Å². The van der Waals surface area contributed by atoms with Crippen LogP contribution in [0.25, 0.3) is 0 Å². The van der Waals surface area contributed by atoms with Crippen molar-refractivity contribution in [3.63, 3.8) is 0 Å². The molecule has 0 aromatic heterocycles. The van der Waals surface area contributed by atoms with Crippen LogP contribution < -0.4 is 11.5 Å². The van der Waals surface area contributed by atoms with Crippen molar-refractivity contribution in [3.8, 4) is 0 Å². The van der Waals surface area contributed by atoms with Crippen LogP contribution in [0.2, 0.25) is 0 Å². The Morgan fingerprint density at radius 1 is 0.875 bits per heavy atom. The van der Waals surface area contributed by atoms with Gasteiger partial charge in [-0.1, -0.05) is 47.0 Å². The van der Waals surface area contributed by atoms with Crippen LogP contribution in [0.5, 0.6) is 0 Å². The van der Waals surface area contributed by atoms with Gasteiger partial charge >= 0.3 is 0 Å². The molecule has 4 N–H and O–H groups in total. The fourth-order valence-corrected chi connectivity index (χ4v) is 2.46. The molecule has 2 nitrogen and oxygen atoms in total. The van der Waals surface area contributed by atoms with Crippen LogP contribution in [0.1, 0.15) is 53.4 Å². The van der Waals surface area contributed by atoms with Crippen molar-refractivity contribution in [2.45, 2.75) is 53.4 Å². The van der Waals surface area contributed by atoms with E-state index in [0.29, 0.717) is 11.8 Å². The van der Waals surface area contributed by atoms with Gasteiger partial charge in [0.1, 0.15) is 0 Å². The first-order chi connectivity index (χ1) is 7.56. The molecule has 0 aromatic rings. The molecular weight excluding hydrogens is 196 g/mol. The highest BCUT2D eigenvalue weighted by atomic mass is 14.6. The summed E-state index contributed by atoms with van der Waals surface area (Å²) in [5.74, 6) is 2.93. The summed E-state index contributed by atoms with van der Waals surface area (Å²) in [5, 5.41) is 0. The van der Waals surface area contributed by atoms with Crippen LogP contribution in [-0.4, -0.2) is 13.1 Å². The average Bonchev–Trinajstić information content (AvgIpc) is 2.31. The predicted octanol–water partition coefficient (Wildman–Crippen LogP) is 3.01. The molecule has 0 aromatic carbocycles. The predicted molar refractivity (Wildman–Crippen MR) is 73.2 cm³/mol. The molecule has 16 heavy (non-hydrogen) atoms. The molecule has 2 heteroatoms. The van der Waals surface area contributed by atoms with Gasteiger partial charge in [-0.25, -0.2) is 0 Å². The smallest absolute Gasteiger partial charge is 0.00487 e. The van der Waals surface area contributed by atoms with Crippen molar-refractivity contribution in [3.05, 3.63) is 0 Å². The van der Waals surface area contributed by atoms with Gasteiger partial charge in [-0.05, 0) is 43.2 Å². The second kappa shape index (κ2) is 9.00. The summed E-state index contributed by atoms with van der Waals surface area (Å²) in [6.07, 6.45) is 5.08. The van der Waals surface area contributed by atoms with Crippen molar-refractivity contribution >= 4 is 0 Å². The minimum absolute atomic E-state index is 0.607. The maximum atomic E-state index is 5.78. The third kappa shape index (κ3) is 5.86. The molecule has 0 saturated heterocycles. The Kier molecular flexibility index (Phi) is 8.96. The summed E-state index contributed by atoms with van der Waals surface area (Å²) >= 11 is 0. The quantitative estimate of drug-likeness (QED) is 0.637. The summed E-state index contributed by atoms with van der Waals surface area (Å²) in [5.41, 5.74) is 11.5. The van der Waals surface area contributed by atoms with Gasteiger partial charge in [0.15, 0.2) is 0 Å². The lowest BCUT2D eigenvalue weighted by Crippen LogP contribution is -2.28. The lowest BCUT2D eigenvalue weighted by molar-refractivity contribution is 0.224. The van der Waals surface area contributed by atoms with E-state index in [0.717, 1.165) is 31.3 Å². The van der Waals surface area contributed by atoms with Crippen molar-refractivity contribution in [2.24, 2.45) is 35.1 Å². The molecule has 4 unspecified atom stereocenters. The van der Waals surface area contributed by atoms with E-state index in [1.807, 2.05) is 0 Å². The molecule has 0 aliphatic heterocycles. The van der Waals surface area contributed by atoms with Crippen LogP contribution in [0.3, 0.4) is 0 Å². The molecule has 98 valence electrons. The maximum Gasteiger partial charge on any atom is -0.00487 e. The molecule has 0 spiro atoms. The van der Waals surface area contributed by atoms with E-state index in [4.69, 9.17) is 11.5 Å². The number of hydrogen-bond acceptors (Lipinski definition) is 2. The van der Waals surface area contributed by atoms with Gasteiger partial charge < -0.3 is 11.5 Å². The topological polar surface area (TPSA) is 52.0 Å². The van der Waals surface area contributed by atoms with Crippen molar-refractivity contribution < 1.29 is 0 Å². The van der Waals surface area contributed by atoms with Gasteiger partial charge in [0.25, 0.3) is 0 Å². The molecule has 4 atom stereocenters. The number of hydrogen-bond donors (Lipinski definition) is 2. The summed E-state index contributed by atoms with van der Waals surface area (Å²) in [6.45, 7) is 10.8. The normalized spacial score (nSPS) is 19.1. The second-order valence-electron chi connectivity index (χ2n) is 5.52. The second-order valence-corrected chi connectivity index (χ2v) is 5.52. The van der Waals surface area contributed by atoms with Gasteiger partial charge in [-0.15, -0.1) is 0 Å². The number of nitrogens with two attached hydrogens (primary N) is 2. The van der Waals surface area contributed by atoms with Gasteiger partial charge in [-0.2, -0.15) is 0 Å². The zero-order valence-electron chi connectivity index (χ0n) is 11.7. The molecule has 0 fully saturated rings. The molecule has 0 aliphatic carbocycles. The zero-order valence-corrected chi connectivity index (χ0v) is 11.7. The third-order valence-corrected chi connectivity index (χ3v) is 4.15. The zero-order chi connectivity index (χ0) is 12.6. The highest BCUT2D eigenvalue weighted by Crippen LogP contribution is 2.28. The molecule has 0 radical (unpaired) electrons. The Balaban J connectivity index is 4.10. The lowest BCUT2D eigenvalue weighted by Gasteiger charge is -2.29. The molecule has 0 bridgehead atoms. The van der Waals surface area contributed by atoms with Crippen molar-refractivity contribution in [1.82, 2.24) is 0 Å². The molecular formula is C14H32N2. The molecule has 0 saturated carbocycles. The molecule has 0 amide bonds. The lowest BCUT2D eigenvalue weighted by atomic mass is 9.78. The Morgan fingerprint density at radius 2 is 1.50 bits per heavy atom. The highest BCUT2D eigenvalue weighted by Gasteiger charge is 2.22. The summed E-state index contributed by atoms with van der Waals surface area (Å²) in [7, 11) is 0. The summed E-state index contributed by atoms with van der Waals surface area (Å²) in [4.78, 5) is 0.